The van der Waals surface area contributed by atoms with Crippen LogP contribution in [0.1, 0.15) is 18.3 Å². The maximum absolute atomic E-state index is 5.32. The zero-order chi connectivity index (χ0) is 8.55. The first-order valence-corrected chi connectivity index (χ1v) is 3.86. The molecule has 0 aliphatic carbocycles. The number of ether oxygens (including phenoxy) is 2. The molecule has 0 N–H and O–H groups in total. The number of rotatable bonds is 0. The molecule has 0 saturated heterocycles. The molecule has 64 valence electrons. The van der Waals surface area contributed by atoms with Crippen molar-refractivity contribution in [3.8, 4) is 5.88 Å². The summed E-state index contributed by atoms with van der Waals surface area (Å²) >= 11 is 0. The van der Waals surface area contributed by atoms with E-state index in [0.29, 0.717) is 12.5 Å². The third-order valence-electron chi connectivity index (χ3n) is 1.66. The second-order valence-electron chi connectivity index (χ2n) is 2.76. The largest absolute Gasteiger partial charge is 0.447 e. The van der Waals surface area contributed by atoms with Crippen molar-refractivity contribution in [3.05, 3.63) is 17.6 Å². The number of fused-ring (bicyclic) bond motifs is 1. The molecular formula is C8H10N2O2. The second kappa shape index (κ2) is 2.71. The zero-order valence-corrected chi connectivity index (χ0v) is 7.07. The predicted molar refractivity (Wildman–Crippen MR) is 41.6 cm³/mol. The zero-order valence-electron chi connectivity index (χ0n) is 7.07. The molecule has 4 heteroatoms. The molecule has 0 spiro atoms. The Labute approximate surface area is 70.6 Å². The van der Waals surface area contributed by atoms with Crippen molar-refractivity contribution in [2.24, 2.45) is 0 Å². The fraction of sp³-hybridized carbons (Fsp3) is 0.500. The lowest BCUT2D eigenvalue weighted by atomic mass is 10.4. The van der Waals surface area contributed by atoms with Crippen LogP contribution in [0.5, 0.6) is 5.88 Å². The number of nitrogens with zero attached hydrogens (tertiary/aromatic N) is 2. The molecule has 1 aliphatic heterocycles. The Kier molecular flexibility index (Phi) is 1.69. The Morgan fingerprint density at radius 2 is 2.42 bits per heavy atom. The highest BCUT2D eigenvalue weighted by Crippen LogP contribution is 2.21. The Bertz CT molecular complexity index is 301. The van der Waals surface area contributed by atoms with Gasteiger partial charge >= 0.3 is 0 Å². The van der Waals surface area contributed by atoms with E-state index in [4.69, 9.17) is 9.47 Å². The summed E-state index contributed by atoms with van der Waals surface area (Å²) in [5.41, 5.74) is 1.64. The van der Waals surface area contributed by atoms with Gasteiger partial charge in [-0.2, -0.15) is 0 Å². The highest BCUT2D eigenvalue weighted by Gasteiger charge is 2.18. The van der Waals surface area contributed by atoms with E-state index in [1.54, 1.807) is 6.20 Å². The molecule has 2 rings (SSSR count). The minimum atomic E-state index is -0.214. The van der Waals surface area contributed by atoms with Crippen LogP contribution in [0.4, 0.5) is 0 Å². The topological polar surface area (TPSA) is 44.2 Å². The van der Waals surface area contributed by atoms with Gasteiger partial charge in [0.1, 0.15) is 5.69 Å². The van der Waals surface area contributed by atoms with Crippen molar-refractivity contribution < 1.29 is 9.47 Å². The SMILES string of the molecule is Cc1cnc2c(n1)OC(C)OC2. The monoisotopic (exact) mass is 166 g/mol. The number of aromatic nitrogens is 2. The molecule has 1 atom stereocenters. The van der Waals surface area contributed by atoms with Gasteiger partial charge in [-0.25, -0.2) is 4.98 Å². The highest BCUT2D eigenvalue weighted by atomic mass is 16.7. The average molecular weight is 166 g/mol. The summed E-state index contributed by atoms with van der Waals surface area (Å²) in [5.74, 6) is 0.605. The summed E-state index contributed by atoms with van der Waals surface area (Å²) in [6.45, 7) is 4.22. The van der Waals surface area contributed by atoms with E-state index in [1.807, 2.05) is 13.8 Å². The molecule has 0 fully saturated rings. The molecule has 12 heavy (non-hydrogen) atoms. The van der Waals surface area contributed by atoms with Crippen molar-refractivity contribution in [2.45, 2.75) is 26.7 Å². The molecule has 1 aromatic heterocycles. The molecule has 0 saturated carbocycles. The summed E-state index contributed by atoms with van der Waals surface area (Å²) in [4.78, 5) is 8.34. The van der Waals surface area contributed by atoms with Gasteiger partial charge in [0.2, 0.25) is 5.88 Å². The van der Waals surface area contributed by atoms with Gasteiger partial charge in [-0.3, -0.25) is 4.98 Å². The molecule has 2 heterocycles. The van der Waals surface area contributed by atoms with E-state index in [1.165, 1.54) is 0 Å². The van der Waals surface area contributed by atoms with Gasteiger partial charge in [0.05, 0.1) is 12.3 Å². The molecule has 1 unspecified atom stereocenters. The quantitative estimate of drug-likeness (QED) is 0.577. The first-order chi connectivity index (χ1) is 5.75. The van der Waals surface area contributed by atoms with Gasteiger partial charge in [-0.05, 0) is 13.8 Å². The van der Waals surface area contributed by atoms with E-state index in [0.717, 1.165) is 11.4 Å². The molecule has 0 aromatic carbocycles. The van der Waals surface area contributed by atoms with Gasteiger partial charge in [-0.1, -0.05) is 0 Å². The van der Waals surface area contributed by atoms with Crippen LogP contribution in [-0.2, 0) is 11.3 Å². The van der Waals surface area contributed by atoms with Crippen molar-refractivity contribution in [2.75, 3.05) is 0 Å². The maximum atomic E-state index is 5.32. The van der Waals surface area contributed by atoms with Crippen LogP contribution in [0.25, 0.3) is 0 Å². The van der Waals surface area contributed by atoms with E-state index in [9.17, 15) is 0 Å². The van der Waals surface area contributed by atoms with Gasteiger partial charge in [0, 0.05) is 6.20 Å². The Morgan fingerprint density at radius 3 is 3.25 bits per heavy atom. The van der Waals surface area contributed by atoms with Gasteiger partial charge in [-0.15, -0.1) is 0 Å². The summed E-state index contributed by atoms with van der Waals surface area (Å²) in [5, 5.41) is 0. The predicted octanol–water partition coefficient (Wildman–Crippen LogP) is 1.04. The van der Waals surface area contributed by atoms with Gasteiger partial charge in [0.25, 0.3) is 0 Å². The van der Waals surface area contributed by atoms with Gasteiger partial charge in [0.15, 0.2) is 6.29 Å². The van der Waals surface area contributed by atoms with E-state index < -0.39 is 0 Å². The normalized spacial score (nSPS) is 21.3. The number of hydrogen-bond acceptors (Lipinski definition) is 4. The fourth-order valence-corrected chi connectivity index (χ4v) is 1.06. The standard InChI is InChI=1S/C8H10N2O2/c1-5-3-9-7-4-11-6(2)12-8(7)10-5/h3,6H,4H2,1-2H3. The Balaban J connectivity index is 2.37. The molecule has 1 aromatic rings. The van der Waals surface area contributed by atoms with E-state index in [2.05, 4.69) is 9.97 Å². The van der Waals surface area contributed by atoms with Crippen molar-refractivity contribution in [1.82, 2.24) is 9.97 Å². The van der Waals surface area contributed by atoms with E-state index >= 15 is 0 Å². The third kappa shape index (κ3) is 1.25. The van der Waals surface area contributed by atoms with E-state index in [-0.39, 0.29) is 6.29 Å². The molecular weight excluding hydrogens is 156 g/mol. The molecule has 0 radical (unpaired) electrons. The number of hydrogen-bond donors (Lipinski definition) is 0. The first kappa shape index (κ1) is 7.49. The summed E-state index contributed by atoms with van der Waals surface area (Å²) in [6, 6.07) is 0. The smallest absolute Gasteiger partial charge is 0.240 e. The van der Waals surface area contributed by atoms with Crippen LogP contribution in [0.2, 0.25) is 0 Å². The molecule has 0 amide bonds. The average Bonchev–Trinajstić information content (AvgIpc) is 2.03. The lowest BCUT2D eigenvalue weighted by molar-refractivity contribution is -0.0992. The van der Waals surface area contributed by atoms with Crippen molar-refractivity contribution in [1.29, 1.82) is 0 Å². The Hall–Kier alpha value is -1.16. The van der Waals surface area contributed by atoms with Crippen molar-refractivity contribution in [3.63, 3.8) is 0 Å². The van der Waals surface area contributed by atoms with Crippen LogP contribution < -0.4 is 4.74 Å². The molecule has 0 bridgehead atoms. The second-order valence-corrected chi connectivity index (χ2v) is 2.76. The highest BCUT2D eigenvalue weighted by molar-refractivity contribution is 5.20. The minimum absolute atomic E-state index is 0.214. The summed E-state index contributed by atoms with van der Waals surface area (Å²) < 4.78 is 10.5. The molecule has 1 aliphatic rings. The van der Waals surface area contributed by atoms with Crippen molar-refractivity contribution >= 4 is 0 Å². The fourth-order valence-electron chi connectivity index (χ4n) is 1.06. The summed E-state index contributed by atoms with van der Waals surface area (Å²) in [7, 11) is 0. The lowest BCUT2D eigenvalue weighted by Crippen LogP contribution is -2.23. The lowest BCUT2D eigenvalue weighted by Gasteiger charge is -2.21. The van der Waals surface area contributed by atoms with Crippen LogP contribution in [0.15, 0.2) is 6.20 Å². The summed E-state index contributed by atoms with van der Waals surface area (Å²) in [6.07, 6.45) is 1.50. The van der Waals surface area contributed by atoms with Crippen LogP contribution in [-0.4, -0.2) is 16.3 Å². The van der Waals surface area contributed by atoms with Gasteiger partial charge < -0.3 is 9.47 Å². The van der Waals surface area contributed by atoms with Crippen LogP contribution >= 0.6 is 0 Å². The molecule has 4 nitrogen and oxygen atoms in total. The number of aryl methyl sites for hydroxylation is 1. The van der Waals surface area contributed by atoms with Crippen LogP contribution in [0, 0.1) is 6.92 Å². The maximum Gasteiger partial charge on any atom is 0.240 e. The third-order valence-corrected chi connectivity index (χ3v) is 1.66. The van der Waals surface area contributed by atoms with Crippen LogP contribution in [0.3, 0.4) is 0 Å². The minimum Gasteiger partial charge on any atom is -0.447 e. The first-order valence-electron chi connectivity index (χ1n) is 3.86. The Morgan fingerprint density at radius 1 is 1.58 bits per heavy atom.